The molecule has 0 saturated heterocycles. The first-order valence-electron chi connectivity index (χ1n) is 13.6. The van der Waals surface area contributed by atoms with Crippen molar-refractivity contribution in [3.05, 3.63) is 107 Å². The number of rotatable bonds is 6. The van der Waals surface area contributed by atoms with E-state index in [2.05, 4.69) is 33.6 Å². The molecule has 1 aromatic heterocycles. The summed E-state index contributed by atoms with van der Waals surface area (Å²) in [4.78, 5) is 22.0. The molecule has 0 atom stereocenters. The van der Waals surface area contributed by atoms with E-state index in [-0.39, 0.29) is 5.69 Å². The molecular weight excluding hydrogens is 541 g/mol. The van der Waals surface area contributed by atoms with Crippen LogP contribution in [0.1, 0.15) is 43.4 Å². The molecule has 1 aliphatic rings. The van der Waals surface area contributed by atoms with Crippen LogP contribution in [0.3, 0.4) is 0 Å². The Morgan fingerprint density at radius 2 is 1.79 bits per heavy atom. The first-order chi connectivity index (χ1) is 20.2. The van der Waals surface area contributed by atoms with Crippen LogP contribution in [0.4, 0.5) is 29.3 Å². The number of carbonyl (C=O) groups is 1. The Balaban J connectivity index is 1.46. The molecule has 4 aromatic rings. The van der Waals surface area contributed by atoms with Gasteiger partial charge in [-0.25, -0.2) is 9.78 Å². The minimum Gasteiger partial charge on any atom is -0.438 e. The average Bonchev–Trinajstić information content (AvgIpc) is 2.96. The van der Waals surface area contributed by atoms with Crippen molar-refractivity contribution >= 4 is 40.1 Å². The third-order valence-corrected chi connectivity index (χ3v) is 6.87. The lowest BCUT2D eigenvalue weighted by Gasteiger charge is -2.17. The van der Waals surface area contributed by atoms with Gasteiger partial charge in [0.05, 0.1) is 22.5 Å². The highest BCUT2D eigenvalue weighted by Crippen LogP contribution is 2.39. The molecule has 0 saturated carbocycles. The number of anilines is 2. The average molecular weight is 571 g/mol. The van der Waals surface area contributed by atoms with E-state index >= 15 is 0 Å². The van der Waals surface area contributed by atoms with Gasteiger partial charge in [-0.3, -0.25) is 4.99 Å². The SMILES string of the molecule is CCc1cccc2c(NC(=O)Nc3ccc(C(F)(F)F)cc3)ccc(Oc3ncccc3/C3=C/C=C(\C)CCC=N3)c12. The lowest BCUT2D eigenvalue weighted by molar-refractivity contribution is -0.137. The number of urea groups is 1. The maximum Gasteiger partial charge on any atom is 0.416 e. The molecule has 214 valence electrons. The summed E-state index contributed by atoms with van der Waals surface area (Å²) in [7, 11) is 0. The van der Waals surface area contributed by atoms with E-state index in [1.165, 1.54) is 17.7 Å². The minimum atomic E-state index is -4.45. The third-order valence-electron chi connectivity index (χ3n) is 6.87. The molecule has 6 nitrogen and oxygen atoms in total. The largest absolute Gasteiger partial charge is 0.438 e. The summed E-state index contributed by atoms with van der Waals surface area (Å²) in [6.45, 7) is 4.12. The molecular formula is C33H29F3N4O2. The molecule has 2 N–H and O–H groups in total. The Kier molecular flexibility index (Phi) is 8.38. The van der Waals surface area contributed by atoms with Crippen LogP contribution in [-0.4, -0.2) is 17.2 Å². The molecule has 0 aliphatic carbocycles. The van der Waals surface area contributed by atoms with Gasteiger partial charge in [-0.15, -0.1) is 0 Å². The molecule has 0 bridgehead atoms. The van der Waals surface area contributed by atoms with Gasteiger partial charge >= 0.3 is 12.2 Å². The van der Waals surface area contributed by atoms with Crippen molar-refractivity contribution in [3.8, 4) is 11.6 Å². The number of amides is 2. The van der Waals surface area contributed by atoms with Crippen LogP contribution >= 0.6 is 0 Å². The predicted molar refractivity (Wildman–Crippen MR) is 161 cm³/mol. The normalized spacial score (nSPS) is 16.0. The first kappa shape index (κ1) is 28.6. The number of benzene rings is 3. The third kappa shape index (κ3) is 6.52. The van der Waals surface area contributed by atoms with Crippen LogP contribution in [0.5, 0.6) is 11.6 Å². The maximum atomic E-state index is 12.9. The van der Waals surface area contributed by atoms with Crippen LogP contribution in [0.25, 0.3) is 16.5 Å². The van der Waals surface area contributed by atoms with Crippen molar-refractivity contribution < 1.29 is 22.7 Å². The summed E-state index contributed by atoms with van der Waals surface area (Å²) in [5.74, 6) is 0.971. The fraction of sp³-hybridized carbons (Fsp3) is 0.182. The predicted octanol–water partition coefficient (Wildman–Crippen LogP) is 9.40. The highest BCUT2D eigenvalue weighted by molar-refractivity contribution is 6.08. The zero-order valence-corrected chi connectivity index (χ0v) is 23.1. The number of allylic oxidation sites excluding steroid dienone is 3. The monoisotopic (exact) mass is 570 g/mol. The number of nitrogens with one attached hydrogen (secondary N) is 2. The number of aryl methyl sites for hydroxylation is 1. The summed E-state index contributed by atoms with van der Waals surface area (Å²) >= 11 is 0. The van der Waals surface area contributed by atoms with E-state index < -0.39 is 17.8 Å². The molecule has 42 heavy (non-hydrogen) atoms. The summed E-state index contributed by atoms with van der Waals surface area (Å²) < 4.78 is 45.1. The van der Waals surface area contributed by atoms with E-state index in [1.807, 2.05) is 49.5 Å². The van der Waals surface area contributed by atoms with Crippen LogP contribution < -0.4 is 15.4 Å². The van der Waals surface area contributed by atoms with Gasteiger partial charge in [0, 0.05) is 28.9 Å². The van der Waals surface area contributed by atoms with E-state index in [0.29, 0.717) is 23.7 Å². The molecule has 2 heterocycles. The topological polar surface area (TPSA) is 75.6 Å². The van der Waals surface area contributed by atoms with Crippen LogP contribution in [0.15, 0.2) is 95.6 Å². The van der Waals surface area contributed by atoms with Crippen molar-refractivity contribution in [1.29, 1.82) is 0 Å². The summed E-state index contributed by atoms with van der Waals surface area (Å²) in [6, 6.07) is 16.7. The number of alkyl halides is 3. The standard InChI is InChI=1S/C33H29F3N4O2/c1-3-22-8-4-9-25-28(40-32(41)39-24-14-12-23(13-15-24)33(34,35)36)17-18-29(30(22)25)42-31-26(10-6-20-38-31)27-16-11-21(2)7-5-19-37-27/h4,6,8-20H,3,5,7H2,1-2H3,(H2,39,40,41)/b21-11+,27-16-,37-19?. The fourth-order valence-electron chi connectivity index (χ4n) is 4.70. The van der Waals surface area contributed by atoms with Gasteiger partial charge in [-0.1, -0.05) is 36.8 Å². The minimum absolute atomic E-state index is 0.234. The Bertz CT molecular complexity index is 1710. The molecule has 0 spiro atoms. The number of nitrogens with zero attached hydrogens (tertiary/aromatic N) is 2. The molecule has 1 aliphatic heterocycles. The smallest absolute Gasteiger partial charge is 0.416 e. The van der Waals surface area contributed by atoms with Crippen molar-refractivity contribution in [2.45, 2.75) is 39.3 Å². The Hall–Kier alpha value is -4.92. The molecule has 0 fully saturated rings. The Morgan fingerprint density at radius 3 is 2.55 bits per heavy atom. The van der Waals surface area contributed by atoms with Gasteiger partial charge in [-0.2, -0.15) is 13.2 Å². The highest BCUT2D eigenvalue weighted by atomic mass is 19.4. The second kappa shape index (κ2) is 12.3. The van der Waals surface area contributed by atoms with Crippen molar-refractivity contribution in [2.75, 3.05) is 10.6 Å². The van der Waals surface area contributed by atoms with E-state index in [1.54, 1.807) is 18.3 Å². The summed E-state index contributed by atoms with van der Waals surface area (Å²) in [5, 5.41) is 6.97. The maximum absolute atomic E-state index is 12.9. The molecule has 0 unspecified atom stereocenters. The van der Waals surface area contributed by atoms with Crippen molar-refractivity contribution in [3.63, 3.8) is 0 Å². The molecule has 9 heteroatoms. The summed E-state index contributed by atoms with van der Waals surface area (Å²) in [5.41, 5.74) is 3.73. The van der Waals surface area contributed by atoms with Gasteiger partial charge < -0.3 is 15.4 Å². The highest BCUT2D eigenvalue weighted by Gasteiger charge is 2.30. The van der Waals surface area contributed by atoms with E-state index in [9.17, 15) is 18.0 Å². The molecule has 3 aromatic carbocycles. The van der Waals surface area contributed by atoms with Crippen molar-refractivity contribution in [2.24, 2.45) is 4.99 Å². The molecule has 2 amide bonds. The van der Waals surface area contributed by atoms with Crippen LogP contribution in [-0.2, 0) is 12.6 Å². The number of hydrogen-bond acceptors (Lipinski definition) is 4. The number of halogens is 3. The molecule has 0 radical (unpaired) electrons. The second-order valence-corrected chi connectivity index (χ2v) is 9.83. The second-order valence-electron chi connectivity index (χ2n) is 9.83. The summed E-state index contributed by atoms with van der Waals surface area (Å²) in [6.07, 6.45) is 5.66. The number of carbonyl (C=O) groups excluding carboxylic acids is 1. The number of aliphatic imine (C=N–C) groups is 1. The fourth-order valence-corrected chi connectivity index (χ4v) is 4.70. The number of ether oxygens (including phenoxy) is 1. The zero-order valence-electron chi connectivity index (χ0n) is 23.1. The quantitative estimate of drug-likeness (QED) is 0.242. The molecule has 5 rings (SSSR count). The zero-order chi connectivity index (χ0) is 29.7. The number of hydrogen-bond donors (Lipinski definition) is 2. The number of fused-ring (bicyclic) bond motifs is 1. The van der Waals surface area contributed by atoms with E-state index in [4.69, 9.17) is 4.74 Å². The van der Waals surface area contributed by atoms with Crippen LogP contribution in [0, 0.1) is 0 Å². The lowest BCUT2D eigenvalue weighted by Crippen LogP contribution is -2.19. The Labute approximate surface area is 241 Å². The van der Waals surface area contributed by atoms with Gasteiger partial charge in [0.2, 0.25) is 5.88 Å². The van der Waals surface area contributed by atoms with Crippen LogP contribution in [0.2, 0.25) is 0 Å². The van der Waals surface area contributed by atoms with Gasteiger partial charge in [0.15, 0.2) is 0 Å². The van der Waals surface area contributed by atoms with Crippen molar-refractivity contribution in [1.82, 2.24) is 4.98 Å². The van der Waals surface area contributed by atoms with Gasteiger partial charge in [0.25, 0.3) is 0 Å². The number of pyridine rings is 1. The van der Waals surface area contributed by atoms with Gasteiger partial charge in [0.1, 0.15) is 5.75 Å². The van der Waals surface area contributed by atoms with E-state index in [0.717, 1.165) is 52.6 Å². The number of aromatic nitrogens is 1. The van der Waals surface area contributed by atoms with Gasteiger partial charge in [-0.05, 0) is 86.4 Å². The lowest BCUT2D eigenvalue weighted by atomic mass is 10.00. The Morgan fingerprint density at radius 1 is 0.976 bits per heavy atom. The first-order valence-corrected chi connectivity index (χ1v) is 13.6.